The minimum atomic E-state index is -1.70. The van der Waals surface area contributed by atoms with Crippen LogP contribution in [-0.4, -0.2) is 35.4 Å². The molecule has 1 fully saturated rings. The van der Waals surface area contributed by atoms with Crippen LogP contribution < -0.4 is 0 Å². The Morgan fingerprint density at radius 1 is 1.79 bits per heavy atom. The lowest BCUT2D eigenvalue weighted by atomic mass is 10.1. The van der Waals surface area contributed by atoms with Gasteiger partial charge in [-0.05, 0) is 6.92 Å². The summed E-state index contributed by atoms with van der Waals surface area (Å²) in [4.78, 5) is 20.9. The molecule has 0 saturated carbocycles. The first-order chi connectivity index (χ1) is 6.54. The second-order valence-electron chi connectivity index (χ2n) is 2.91. The molecule has 1 heterocycles. The number of cyclic esters (lactones) is 1. The van der Waals surface area contributed by atoms with E-state index in [1.54, 1.807) is 6.92 Å². The van der Waals surface area contributed by atoms with E-state index in [0.717, 1.165) is 0 Å². The number of carbonyl (C=O) groups is 2. The van der Waals surface area contributed by atoms with Crippen LogP contribution in [0.5, 0.6) is 0 Å². The van der Waals surface area contributed by atoms with Gasteiger partial charge in [0, 0.05) is 6.42 Å². The summed E-state index contributed by atoms with van der Waals surface area (Å²) in [6, 6.07) is 0. The standard InChI is InChI=1S/C8H10Cl2O4/c1-2-13-6(11)8(10)3-5(4-9)14-7(8)12/h5H,2-4H2,1H3/t5-,8+/m1/s1. The largest absolute Gasteiger partial charge is 0.464 e. The first-order valence-corrected chi connectivity index (χ1v) is 5.09. The Morgan fingerprint density at radius 3 is 2.86 bits per heavy atom. The predicted octanol–water partition coefficient (Wildman–Crippen LogP) is 1.08. The molecule has 1 rings (SSSR count). The minimum absolute atomic E-state index is 0.0652. The number of carbonyl (C=O) groups excluding carboxylic acids is 2. The maximum Gasteiger partial charge on any atom is 0.339 e. The zero-order chi connectivity index (χ0) is 10.8. The molecule has 0 amide bonds. The first kappa shape index (κ1) is 11.6. The zero-order valence-corrected chi connectivity index (χ0v) is 9.10. The SMILES string of the molecule is CCOC(=O)[C@@]1(Cl)C[C@H](CCl)OC1=O. The fraction of sp³-hybridized carbons (Fsp3) is 0.750. The minimum Gasteiger partial charge on any atom is -0.464 e. The third-order valence-corrected chi connectivity index (χ3v) is 2.68. The van der Waals surface area contributed by atoms with E-state index in [0.29, 0.717) is 0 Å². The Kier molecular flexibility index (Phi) is 3.61. The number of ether oxygens (including phenoxy) is 2. The van der Waals surface area contributed by atoms with Gasteiger partial charge in [0.2, 0.25) is 4.87 Å². The number of halogens is 2. The summed E-state index contributed by atoms with van der Waals surface area (Å²) in [6.07, 6.45) is -0.443. The maximum absolute atomic E-state index is 11.3. The highest BCUT2D eigenvalue weighted by Gasteiger charge is 2.54. The lowest BCUT2D eigenvalue weighted by Gasteiger charge is -2.13. The summed E-state index contributed by atoms with van der Waals surface area (Å²) in [5.74, 6) is -1.41. The molecule has 2 atom stereocenters. The van der Waals surface area contributed by atoms with E-state index < -0.39 is 22.9 Å². The highest BCUT2D eigenvalue weighted by molar-refractivity contribution is 6.45. The fourth-order valence-corrected chi connectivity index (χ4v) is 1.63. The van der Waals surface area contributed by atoms with E-state index >= 15 is 0 Å². The van der Waals surface area contributed by atoms with E-state index in [1.165, 1.54) is 0 Å². The molecular formula is C8H10Cl2O4. The van der Waals surface area contributed by atoms with Crippen LogP contribution in [0.4, 0.5) is 0 Å². The molecule has 0 aromatic rings. The van der Waals surface area contributed by atoms with Crippen molar-refractivity contribution in [1.82, 2.24) is 0 Å². The van der Waals surface area contributed by atoms with Gasteiger partial charge in [0.05, 0.1) is 12.5 Å². The monoisotopic (exact) mass is 240 g/mol. The van der Waals surface area contributed by atoms with Crippen LogP contribution in [0.15, 0.2) is 0 Å². The van der Waals surface area contributed by atoms with E-state index in [1.807, 2.05) is 0 Å². The van der Waals surface area contributed by atoms with Gasteiger partial charge in [0.25, 0.3) is 0 Å². The molecular weight excluding hydrogens is 231 g/mol. The molecule has 6 heteroatoms. The van der Waals surface area contributed by atoms with Crippen molar-refractivity contribution in [3.8, 4) is 0 Å². The Balaban J connectivity index is 2.74. The molecule has 1 aliphatic heterocycles. The molecule has 4 nitrogen and oxygen atoms in total. The van der Waals surface area contributed by atoms with Crippen LogP contribution >= 0.6 is 23.2 Å². The van der Waals surface area contributed by atoms with E-state index in [-0.39, 0.29) is 18.9 Å². The van der Waals surface area contributed by atoms with Crippen LogP contribution in [-0.2, 0) is 19.1 Å². The topological polar surface area (TPSA) is 52.6 Å². The molecule has 1 aliphatic rings. The van der Waals surface area contributed by atoms with E-state index in [2.05, 4.69) is 4.74 Å². The Labute approximate surface area is 91.4 Å². The van der Waals surface area contributed by atoms with Crippen molar-refractivity contribution >= 4 is 35.1 Å². The van der Waals surface area contributed by atoms with Crippen molar-refractivity contribution < 1.29 is 19.1 Å². The van der Waals surface area contributed by atoms with Crippen molar-refractivity contribution in [3.05, 3.63) is 0 Å². The smallest absolute Gasteiger partial charge is 0.339 e. The van der Waals surface area contributed by atoms with Crippen molar-refractivity contribution in [1.29, 1.82) is 0 Å². The van der Waals surface area contributed by atoms with Gasteiger partial charge in [-0.25, -0.2) is 9.59 Å². The molecule has 0 bridgehead atoms. The quantitative estimate of drug-likeness (QED) is 0.421. The number of hydrogen-bond acceptors (Lipinski definition) is 4. The van der Waals surface area contributed by atoms with Crippen molar-refractivity contribution in [2.24, 2.45) is 0 Å². The number of hydrogen-bond donors (Lipinski definition) is 0. The molecule has 0 unspecified atom stereocenters. The average Bonchev–Trinajstić information content (AvgIpc) is 2.44. The number of esters is 2. The summed E-state index contributed by atoms with van der Waals surface area (Å²) in [7, 11) is 0. The van der Waals surface area contributed by atoms with Crippen molar-refractivity contribution in [2.75, 3.05) is 12.5 Å². The lowest BCUT2D eigenvalue weighted by Crippen LogP contribution is -2.39. The average molecular weight is 241 g/mol. The van der Waals surface area contributed by atoms with E-state index in [9.17, 15) is 9.59 Å². The van der Waals surface area contributed by atoms with Gasteiger partial charge in [0.15, 0.2) is 0 Å². The van der Waals surface area contributed by atoms with Crippen molar-refractivity contribution in [3.63, 3.8) is 0 Å². The first-order valence-electron chi connectivity index (χ1n) is 4.17. The third-order valence-electron chi connectivity index (χ3n) is 1.88. The molecule has 0 aromatic carbocycles. The van der Waals surface area contributed by atoms with Crippen LogP contribution in [0.25, 0.3) is 0 Å². The maximum atomic E-state index is 11.3. The van der Waals surface area contributed by atoms with E-state index in [4.69, 9.17) is 27.9 Å². The predicted molar refractivity (Wildman–Crippen MR) is 50.4 cm³/mol. The van der Waals surface area contributed by atoms with Gasteiger partial charge in [-0.2, -0.15) is 0 Å². The number of alkyl halides is 2. The third kappa shape index (κ3) is 1.96. The lowest BCUT2D eigenvalue weighted by molar-refractivity contribution is -0.154. The number of rotatable bonds is 3. The summed E-state index contributed by atoms with van der Waals surface area (Å²) >= 11 is 11.3. The molecule has 0 spiro atoms. The summed E-state index contributed by atoms with van der Waals surface area (Å²) in [6.45, 7) is 1.81. The van der Waals surface area contributed by atoms with Crippen LogP contribution in [0.1, 0.15) is 13.3 Å². The molecule has 1 saturated heterocycles. The van der Waals surface area contributed by atoms with Crippen LogP contribution in [0, 0.1) is 0 Å². The Morgan fingerprint density at radius 2 is 2.43 bits per heavy atom. The van der Waals surface area contributed by atoms with Crippen LogP contribution in [0.2, 0.25) is 0 Å². The summed E-state index contributed by atoms with van der Waals surface area (Å²) < 4.78 is 9.47. The van der Waals surface area contributed by atoms with Gasteiger partial charge in [-0.3, -0.25) is 0 Å². The Bertz CT molecular complexity index is 256. The van der Waals surface area contributed by atoms with Gasteiger partial charge < -0.3 is 9.47 Å². The highest BCUT2D eigenvalue weighted by atomic mass is 35.5. The summed E-state index contributed by atoms with van der Waals surface area (Å²) in [5, 5.41) is 0. The van der Waals surface area contributed by atoms with Crippen molar-refractivity contribution in [2.45, 2.75) is 24.3 Å². The van der Waals surface area contributed by atoms with Gasteiger partial charge >= 0.3 is 11.9 Å². The Hall–Kier alpha value is -0.480. The molecule has 0 N–H and O–H groups in total. The highest BCUT2D eigenvalue weighted by Crippen LogP contribution is 2.33. The second kappa shape index (κ2) is 4.36. The zero-order valence-electron chi connectivity index (χ0n) is 7.59. The van der Waals surface area contributed by atoms with Gasteiger partial charge in [0.1, 0.15) is 6.10 Å². The normalized spacial score (nSPS) is 31.4. The van der Waals surface area contributed by atoms with Gasteiger partial charge in [-0.1, -0.05) is 11.6 Å². The fourth-order valence-electron chi connectivity index (χ4n) is 1.18. The molecule has 14 heavy (non-hydrogen) atoms. The second-order valence-corrected chi connectivity index (χ2v) is 3.86. The summed E-state index contributed by atoms with van der Waals surface area (Å²) in [5.41, 5.74) is 0. The molecule has 0 aliphatic carbocycles. The van der Waals surface area contributed by atoms with Crippen LogP contribution in [0.3, 0.4) is 0 Å². The molecule has 0 radical (unpaired) electrons. The molecule has 80 valence electrons. The van der Waals surface area contributed by atoms with Gasteiger partial charge in [-0.15, -0.1) is 11.6 Å². The molecule has 0 aromatic heterocycles.